The molecule has 1 rings (SSSR count). The maximum Gasteiger partial charge on any atom is 0.223 e. The maximum absolute atomic E-state index is 11.6. The quantitative estimate of drug-likeness (QED) is 0.323. The summed E-state index contributed by atoms with van der Waals surface area (Å²) in [7, 11) is 5.13. The lowest BCUT2D eigenvalue weighted by Gasteiger charge is -2.16. The van der Waals surface area contributed by atoms with E-state index in [1.165, 1.54) is 0 Å². The van der Waals surface area contributed by atoms with Gasteiger partial charge in [0.1, 0.15) is 17.6 Å². The van der Waals surface area contributed by atoms with Gasteiger partial charge in [0.05, 0.1) is 13.7 Å². The number of nitrogens with zero attached hydrogens (tertiary/aromatic N) is 2. The van der Waals surface area contributed by atoms with E-state index in [-0.39, 0.29) is 36.0 Å². The lowest BCUT2D eigenvalue weighted by Crippen LogP contribution is -2.39. The van der Waals surface area contributed by atoms with Crippen molar-refractivity contribution in [1.29, 1.82) is 0 Å². The van der Waals surface area contributed by atoms with E-state index in [4.69, 9.17) is 9.47 Å². The first-order valence-electron chi connectivity index (χ1n) is 8.49. The molecule has 148 valence electrons. The molecule has 0 heterocycles. The minimum Gasteiger partial charge on any atom is -0.497 e. The van der Waals surface area contributed by atoms with Crippen LogP contribution < -0.4 is 20.1 Å². The minimum absolute atomic E-state index is 0. The van der Waals surface area contributed by atoms with E-state index in [0.29, 0.717) is 25.5 Å². The van der Waals surface area contributed by atoms with E-state index in [1.807, 2.05) is 38.1 Å². The predicted octanol–water partition coefficient (Wildman–Crippen LogP) is 2.11. The molecular formula is C18H31IN4O3. The molecule has 1 unspecified atom stereocenters. The molecule has 1 aromatic carbocycles. The number of ether oxygens (including phenoxy) is 2. The van der Waals surface area contributed by atoms with Crippen LogP contribution in [0.2, 0.25) is 0 Å². The molecule has 0 aliphatic heterocycles. The summed E-state index contributed by atoms with van der Waals surface area (Å²) in [6.45, 7) is 5.74. The summed E-state index contributed by atoms with van der Waals surface area (Å²) in [6, 6.07) is 7.49. The van der Waals surface area contributed by atoms with Gasteiger partial charge in [-0.15, -0.1) is 24.0 Å². The number of guanidine groups is 1. The highest BCUT2D eigenvalue weighted by atomic mass is 127. The van der Waals surface area contributed by atoms with Crippen LogP contribution in [0.1, 0.15) is 20.3 Å². The van der Waals surface area contributed by atoms with Crippen molar-refractivity contribution in [2.24, 2.45) is 4.99 Å². The number of methoxy groups -OCH3 is 1. The molecule has 0 fully saturated rings. The van der Waals surface area contributed by atoms with Crippen LogP contribution in [0.5, 0.6) is 11.5 Å². The number of hydrogen-bond acceptors (Lipinski definition) is 4. The fourth-order valence-corrected chi connectivity index (χ4v) is 2.02. The largest absolute Gasteiger partial charge is 0.497 e. The van der Waals surface area contributed by atoms with Gasteiger partial charge in [-0.1, -0.05) is 6.07 Å². The van der Waals surface area contributed by atoms with Crippen LogP contribution in [0.15, 0.2) is 29.3 Å². The Morgan fingerprint density at radius 1 is 1.27 bits per heavy atom. The van der Waals surface area contributed by atoms with Crippen LogP contribution in [0.25, 0.3) is 0 Å². The van der Waals surface area contributed by atoms with Crippen molar-refractivity contribution < 1.29 is 14.3 Å². The van der Waals surface area contributed by atoms with Gasteiger partial charge >= 0.3 is 0 Å². The second-order valence-electron chi connectivity index (χ2n) is 5.79. The van der Waals surface area contributed by atoms with Gasteiger partial charge in [-0.2, -0.15) is 0 Å². The average molecular weight is 478 g/mol. The summed E-state index contributed by atoms with van der Waals surface area (Å²) in [5.74, 6) is 2.26. The summed E-state index contributed by atoms with van der Waals surface area (Å²) in [5.41, 5.74) is 0. The van der Waals surface area contributed by atoms with Crippen molar-refractivity contribution >= 4 is 35.8 Å². The molecule has 2 N–H and O–H groups in total. The summed E-state index contributed by atoms with van der Waals surface area (Å²) >= 11 is 0. The summed E-state index contributed by atoms with van der Waals surface area (Å²) in [6.07, 6.45) is 0.332. The van der Waals surface area contributed by atoms with Gasteiger partial charge in [0, 0.05) is 39.7 Å². The number of nitrogens with one attached hydrogen (secondary N) is 2. The van der Waals surface area contributed by atoms with Gasteiger partial charge in [-0.05, 0) is 26.0 Å². The number of carbonyl (C=O) groups excluding carboxylic acids is 1. The van der Waals surface area contributed by atoms with Gasteiger partial charge in [-0.3, -0.25) is 4.79 Å². The Morgan fingerprint density at radius 2 is 1.96 bits per heavy atom. The summed E-state index contributed by atoms with van der Waals surface area (Å²) in [5, 5.41) is 6.32. The van der Waals surface area contributed by atoms with Crippen LogP contribution >= 0.6 is 24.0 Å². The monoisotopic (exact) mass is 478 g/mol. The van der Waals surface area contributed by atoms with Crippen molar-refractivity contribution in [2.45, 2.75) is 26.4 Å². The molecule has 1 atom stereocenters. The molecule has 0 aliphatic rings. The highest BCUT2D eigenvalue weighted by molar-refractivity contribution is 14.0. The Morgan fingerprint density at radius 3 is 2.58 bits per heavy atom. The van der Waals surface area contributed by atoms with Crippen LogP contribution in [0, 0.1) is 0 Å². The molecule has 0 saturated carbocycles. The highest BCUT2D eigenvalue weighted by Gasteiger charge is 2.07. The number of amides is 1. The van der Waals surface area contributed by atoms with Crippen LogP contribution in [0.4, 0.5) is 0 Å². The van der Waals surface area contributed by atoms with Crippen molar-refractivity contribution in [3.63, 3.8) is 0 Å². The molecule has 0 aliphatic carbocycles. The number of aliphatic imine (C=N–C) groups is 1. The number of hydrogen-bond donors (Lipinski definition) is 2. The highest BCUT2D eigenvalue weighted by Crippen LogP contribution is 2.19. The molecule has 0 bridgehead atoms. The smallest absolute Gasteiger partial charge is 0.223 e. The Balaban J connectivity index is 0.00000625. The number of rotatable bonds is 9. The normalized spacial score (nSPS) is 11.8. The van der Waals surface area contributed by atoms with E-state index in [2.05, 4.69) is 15.6 Å². The first-order valence-corrected chi connectivity index (χ1v) is 8.49. The second-order valence-corrected chi connectivity index (χ2v) is 5.79. The lowest BCUT2D eigenvalue weighted by molar-refractivity contribution is -0.128. The van der Waals surface area contributed by atoms with Gasteiger partial charge in [0.15, 0.2) is 5.96 Å². The van der Waals surface area contributed by atoms with Gasteiger partial charge < -0.3 is 25.0 Å². The molecule has 0 aromatic heterocycles. The number of benzene rings is 1. The lowest BCUT2D eigenvalue weighted by atomic mass is 10.3. The molecule has 26 heavy (non-hydrogen) atoms. The fourth-order valence-electron chi connectivity index (χ4n) is 2.02. The maximum atomic E-state index is 11.6. The zero-order valence-corrected chi connectivity index (χ0v) is 18.6. The Labute approximate surface area is 173 Å². The molecule has 7 nitrogen and oxygen atoms in total. The average Bonchev–Trinajstić information content (AvgIpc) is 2.59. The standard InChI is InChI=1S/C18H30N4O3.HI/c1-6-19-18(20-11-10-17(23)22(3)4)21-13-14(2)25-16-9-7-8-15(12-16)24-5;/h7-9,12,14H,6,10-11,13H2,1-5H3,(H2,19,20,21);1H. The van der Waals surface area contributed by atoms with E-state index in [9.17, 15) is 4.79 Å². The van der Waals surface area contributed by atoms with E-state index in [1.54, 1.807) is 26.1 Å². The zero-order valence-electron chi connectivity index (χ0n) is 16.2. The summed E-state index contributed by atoms with van der Waals surface area (Å²) in [4.78, 5) is 17.7. The topological polar surface area (TPSA) is 75.2 Å². The van der Waals surface area contributed by atoms with E-state index in [0.717, 1.165) is 18.0 Å². The number of halogens is 1. The van der Waals surface area contributed by atoms with Crippen LogP contribution in [0.3, 0.4) is 0 Å². The third-order valence-electron chi connectivity index (χ3n) is 3.36. The Bertz CT molecular complexity index is 567. The SMILES string of the molecule is CCNC(=NCC(C)Oc1cccc(OC)c1)NCCC(=O)N(C)C.I. The van der Waals surface area contributed by atoms with Crippen LogP contribution in [-0.4, -0.2) is 63.7 Å². The molecule has 0 saturated heterocycles. The number of carbonyl (C=O) groups is 1. The Hall–Kier alpha value is -1.71. The van der Waals surface area contributed by atoms with Crippen molar-refractivity contribution in [3.8, 4) is 11.5 Å². The van der Waals surface area contributed by atoms with Crippen molar-refractivity contribution in [3.05, 3.63) is 24.3 Å². The molecule has 1 amide bonds. The first-order chi connectivity index (χ1) is 12.0. The third kappa shape index (κ3) is 9.69. The molecule has 0 spiro atoms. The van der Waals surface area contributed by atoms with E-state index >= 15 is 0 Å². The first kappa shape index (κ1) is 24.3. The van der Waals surface area contributed by atoms with Gasteiger partial charge in [0.2, 0.25) is 5.91 Å². The van der Waals surface area contributed by atoms with Crippen molar-refractivity contribution in [1.82, 2.24) is 15.5 Å². The van der Waals surface area contributed by atoms with E-state index < -0.39 is 0 Å². The van der Waals surface area contributed by atoms with Gasteiger partial charge in [-0.25, -0.2) is 4.99 Å². The van der Waals surface area contributed by atoms with Gasteiger partial charge in [0.25, 0.3) is 0 Å². The Kier molecular flexibility index (Phi) is 12.6. The summed E-state index contributed by atoms with van der Waals surface area (Å²) < 4.78 is 11.0. The fraction of sp³-hybridized carbons (Fsp3) is 0.556. The predicted molar refractivity (Wildman–Crippen MR) is 116 cm³/mol. The second kappa shape index (κ2) is 13.5. The molecular weight excluding hydrogens is 447 g/mol. The zero-order chi connectivity index (χ0) is 18.7. The molecule has 0 radical (unpaired) electrons. The third-order valence-corrected chi connectivity index (χ3v) is 3.36. The minimum atomic E-state index is -0.0917. The van der Waals surface area contributed by atoms with Crippen molar-refractivity contribution in [2.75, 3.05) is 40.8 Å². The molecule has 1 aromatic rings. The molecule has 8 heteroatoms. The van der Waals surface area contributed by atoms with Crippen LogP contribution in [-0.2, 0) is 4.79 Å².